The molecule has 0 saturated carbocycles. The number of nitrogens with zero attached hydrogens (tertiary/aromatic N) is 1. The monoisotopic (exact) mass is 283 g/mol. The summed E-state index contributed by atoms with van der Waals surface area (Å²) in [6.45, 7) is 2.01. The number of nitrogen functional groups attached to an aromatic ring is 1. The highest BCUT2D eigenvalue weighted by Crippen LogP contribution is 2.33. The topological polar surface area (TPSA) is 50.9 Å². The summed E-state index contributed by atoms with van der Waals surface area (Å²) in [4.78, 5) is 4.32. The summed E-state index contributed by atoms with van der Waals surface area (Å²) in [5.74, 6) is 0. The standard InChI is InChI=1S/C16H14ClN3/c1-10-6-7-15(12(17)8-10)20-16-11-4-2-3-5-14(11)19-9-13(16)18/h2-9H,18H2,1H3,(H,19,20). The van der Waals surface area contributed by atoms with Crippen LogP contribution in [0.5, 0.6) is 0 Å². The van der Waals surface area contributed by atoms with Crippen molar-refractivity contribution in [2.24, 2.45) is 0 Å². The molecule has 0 aliphatic carbocycles. The number of rotatable bonds is 2. The highest BCUT2D eigenvalue weighted by molar-refractivity contribution is 6.33. The van der Waals surface area contributed by atoms with E-state index in [1.54, 1.807) is 6.20 Å². The first-order valence-electron chi connectivity index (χ1n) is 6.31. The fourth-order valence-corrected chi connectivity index (χ4v) is 2.43. The quantitative estimate of drug-likeness (QED) is 0.727. The van der Waals surface area contributed by atoms with Gasteiger partial charge in [0.25, 0.3) is 0 Å². The third-order valence-corrected chi connectivity index (χ3v) is 3.50. The van der Waals surface area contributed by atoms with E-state index in [9.17, 15) is 0 Å². The zero-order valence-electron chi connectivity index (χ0n) is 11.0. The van der Waals surface area contributed by atoms with Gasteiger partial charge in [0.15, 0.2) is 0 Å². The zero-order chi connectivity index (χ0) is 14.1. The third-order valence-electron chi connectivity index (χ3n) is 3.19. The Morgan fingerprint density at radius 1 is 1.15 bits per heavy atom. The molecule has 1 heterocycles. The lowest BCUT2D eigenvalue weighted by Gasteiger charge is -2.13. The van der Waals surface area contributed by atoms with E-state index in [0.717, 1.165) is 27.8 Å². The number of hydrogen-bond donors (Lipinski definition) is 2. The maximum absolute atomic E-state index is 6.26. The second-order valence-corrected chi connectivity index (χ2v) is 5.12. The van der Waals surface area contributed by atoms with Crippen molar-refractivity contribution in [2.45, 2.75) is 6.92 Å². The molecule has 3 nitrogen and oxygen atoms in total. The summed E-state index contributed by atoms with van der Waals surface area (Å²) in [5, 5.41) is 4.96. The molecule has 0 radical (unpaired) electrons. The molecule has 0 atom stereocenters. The predicted octanol–water partition coefficient (Wildman–Crippen LogP) is 4.52. The average molecular weight is 284 g/mol. The number of anilines is 3. The molecule has 0 aliphatic rings. The number of benzene rings is 2. The number of nitrogens with one attached hydrogen (secondary N) is 1. The van der Waals surface area contributed by atoms with E-state index in [-0.39, 0.29) is 0 Å². The Kier molecular flexibility index (Phi) is 3.20. The van der Waals surface area contributed by atoms with Gasteiger partial charge in [-0.25, -0.2) is 0 Å². The van der Waals surface area contributed by atoms with Crippen LogP contribution in [0.25, 0.3) is 10.9 Å². The van der Waals surface area contributed by atoms with Gasteiger partial charge in [-0.1, -0.05) is 35.9 Å². The van der Waals surface area contributed by atoms with E-state index in [4.69, 9.17) is 17.3 Å². The molecule has 1 aromatic heterocycles. The first-order chi connectivity index (χ1) is 9.65. The number of pyridine rings is 1. The molecular formula is C16H14ClN3. The second-order valence-electron chi connectivity index (χ2n) is 4.71. The third kappa shape index (κ3) is 2.28. The van der Waals surface area contributed by atoms with Crippen LogP contribution in [0.15, 0.2) is 48.7 Å². The number of para-hydroxylation sites is 1. The number of aromatic nitrogens is 1. The van der Waals surface area contributed by atoms with Crippen LogP contribution in [0.1, 0.15) is 5.56 Å². The maximum Gasteiger partial charge on any atom is 0.0746 e. The number of halogens is 1. The van der Waals surface area contributed by atoms with Gasteiger partial charge in [-0.05, 0) is 30.7 Å². The lowest BCUT2D eigenvalue weighted by Crippen LogP contribution is -1.99. The Morgan fingerprint density at radius 2 is 1.95 bits per heavy atom. The van der Waals surface area contributed by atoms with E-state index in [0.29, 0.717) is 10.7 Å². The molecular weight excluding hydrogens is 270 g/mol. The molecule has 0 bridgehead atoms. The van der Waals surface area contributed by atoms with Crippen LogP contribution in [0.3, 0.4) is 0 Å². The van der Waals surface area contributed by atoms with E-state index >= 15 is 0 Å². The van der Waals surface area contributed by atoms with Crippen molar-refractivity contribution in [1.82, 2.24) is 4.98 Å². The summed E-state index contributed by atoms with van der Waals surface area (Å²) in [6.07, 6.45) is 1.66. The summed E-state index contributed by atoms with van der Waals surface area (Å²) < 4.78 is 0. The van der Waals surface area contributed by atoms with E-state index in [2.05, 4.69) is 10.3 Å². The molecule has 0 unspecified atom stereocenters. The van der Waals surface area contributed by atoms with Crippen molar-refractivity contribution < 1.29 is 0 Å². The first-order valence-corrected chi connectivity index (χ1v) is 6.69. The van der Waals surface area contributed by atoms with Gasteiger partial charge in [-0.15, -0.1) is 0 Å². The molecule has 0 spiro atoms. The minimum absolute atomic E-state index is 0.598. The normalized spacial score (nSPS) is 10.7. The van der Waals surface area contributed by atoms with Gasteiger partial charge in [0.1, 0.15) is 0 Å². The van der Waals surface area contributed by atoms with Crippen LogP contribution < -0.4 is 11.1 Å². The lowest BCUT2D eigenvalue weighted by molar-refractivity contribution is 1.40. The van der Waals surface area contributed by atoms with Gasteiger partial charge in [-0.2, -0.15) is 0 Å². The van der Waals surface area contributed by atoms with Crippen LogP contribution >= 0.6 is 11.6 Å². The Morgan fingerprint density at radius 3 is 2.75 bits per heavy atom. The Bertz CT molecular complexity index is 784. The maximum atomic E-state index is 6.26. The van der Waals surface area contributed by atoms with Crippen LogP contribution in [-0.4, -0.2) is 4.98 Å². The minimum atomic E-state index is 0.598. The molecule has 0 amide bonds. The SMILES string of the molecule is Cc1ccc(Nc2c(N)cnc3ccccc23)c(Cl)c1. The molecule has 3 N–H and O–H groups in total. The number of aryl methyl sites for hydroxylation is 1. The van der Waals surface area contributed by atoms with Crippen molar-refractivity contribution in [3.8, 4) is 0 Å². The molecule has 0 aliphatic heterocycles. The molecule has 0 saturated heterocycles. The van der Waals surface area contributed by atoms with Crippen molar-refractivity contribution in [3.63, 3.8) is 0 Å². The number of hydrogen-bond acceptors (Lipinski definition) is 3. The van der Waals surface area contributed by atoms with Gasteiger partial charge in [0.2, 0.25) is 0 Å². The second kappa shape index (κ2) is 5.02. The van der Waals surface area contributed by atoms with Crippen LogP contribution in [0, 0.1) is 6.92 Å². The van der Waals surface area contributed by atoms with Crippen molar-refractivity contribution in [3.05, 3.63) is 59.2 Å². The highest BCUT2D eigenvalue weighted by atomic mass is 35.5. The molecule has 3 rings (SSSR count). The summed E-state index contributed by atoms with van der Waals surface area (Å²) in [6, 6.07) is 13.7. The fourth-order valence-electron chi connectivity index (χ4n) is 2.15. The first kappa shape index (κ1) is 12.8. The lowest BCUT2D eigenvalue weighted by atomic mass is 10.1. The molecule has 3 aromatic rings. The van der Waals surface area contributed by atoms with Crippen LogP contribution in [0.2, 0.25) is 5.02 Å². The molecule has 4 heteroatoms. The number of nitrogens with two attached hydrogens (primary N) is 1. The minimum Gasteiger partial charge on any atom is -0.396 e. The highest BCUT2D eigenvalue weighted by Gasteiger charge is 2.08. The van der Waals surface area contributed by atoms with Crippen LogP contribution in [-0.2, 0) is 0 Å². The molecule has 20 heavy (non-hydrogen) atoms. The van der Waals surface area contributed by atoms with Crippen molar-refractivity contribution >= 4 is 39.6 Å². The van der Waals surface area contributed by atoms with E-state index in [1.165, 1.54) is 0 Å². The number of fused-ring (bicyclic) bond motifs is 1. The summed E-state index contributed by atoms with van der Waals surface area (Å²) in [7, 11) is 0. The summed E-state index contributed by atoms with van der Waals surface area (Å²) in [5.41, 5.74) is 10.3. The van der Waals surface area contributed by atoms with E-state index < -0.39 is 0 Å². The van der Waals surface area contributed by atoms with Gasteiger partial charge in [-0.3, -0.25) is 4.98 Å². The van der Waals surface area contributed by atoms with Crippen molar-refractivity contribution in [1.29, 1.82) is 0 Å². The van der Waals surface area contributed by atoms with Gasteiger partial charge < -0.3 is 11.1 Å². The van der Waals surface area contributed by atoms with Crippen LogP contribution in [0.4, 0.5) is 17.1 Å². The summed E-state index contributed by atoms with van der Waals surface area (Å²) >= 11 is 6.26. The van der Waals surface area contributed by atoms with Crippen molar-refractivity contribution in [2.75, 3.05) is 11.1 Å². The van der Waals surface area contributed by atoms with Gasteiger partial charge >= 0.3 is 0 Å². The average Bonchev–Trinajstić information content (AvgIpc) is 2.44. The Hall–Kier alpha value is -2.26. The molecule has 100 valence electrons. The van der Waals surface area contributed by atoms with Gasteiger partial charge in [0.05, 0.1) is 33.8 Å². The Balaban J connectivity index is 2.12. The predicted molar refractivity (Wildman–Crippen MR) is 85.6 cm³/mol. The Labute approximate surface area is 122 Å². The van der Waals surface area contributed by atoms with Gasteiger partial charge in [0, 0.05) is 5.39 Å². The molecule has 0 fully saturated rings. The van der Waals surface area contributed by atoms with E-state index in [1.807, 2.05) is 49.4 Å². The fraction of sp³-hybridized carbons (Fsp3) is 0.0625. The molecule has 2 aromatic carbocycles. The smallest absolute Gasteiger partial charge is 0.0746 e. The largest absolute Gasteiger partial charge is 0.396 e. The zero-order valence-corrected chi connectivity index (χ0v) is 11.8.